The van der Waals surface area contributed by atoms with Crippen molar-refractivity contribution in [1.82, 2.24) is 0 Å². The fraction of sp³-hybridized carbons (Fsp3) is 0.200. The first-order valence-electron chi connectivity index (χ1n) is 5.72. The Morgan fingerprint density at radius 1 is 1.17 bits per heavy atom. The molecule has 2 aromatic carbocycles. The van der Waals surface area contributed by atoms with Gasteiger partial charge in [-0.25, -0.2) is 0 Å². The third-order valence-electron chi connectivity index (χ3n) is 2.64. The van der Waals surface area contributed by atoms with Crippen LogP contribution in [0, 0.1) is 6.92 Å². The third-order valence-corrected chi connectivity index (χ3v) is 3.48. The summed E-state index contributed by atoms with van der Waals surface area (Å²) in [4.78, 5) is 0. The van der Waals surface area contributed by atoms with Gasteiger partial charge < -0.3 is 4.74 Å². The molecule has 1 nitrogen and oxygen atoms in total. The van der Waals surface area contributed by atoms with Crippen LogP contribution in [0.4, 0.5) is 0 Å². The summed E-state index contributed by atoms with van der Waals surface area (Å²) in [5.74, 6) is 0.914. The van der Waals surface area contributed by atoms with Crippen LogP contribution in [0.2, 0.25) is 5.02 Å². The highest BCUT2D eigenvalue weighted by molar-refractivity contribution is 9.08. The summed E-state index contributed by atoms with van der Waals surface area (Å²) in [6.45, 7) is 2.61. The summed E-state index contributed by atoms with van der Waals surface area (Å²) in [7, 11) is 0. The fourth-order valence-electron chi connectivity index (χ4n) is 1.74. The minimum absolute atomic E-state index is 0.531. The molecule has 0 amide bonds. The van der Waals surface area contributed by atoms with Gasteiger partial charge in [0.2, 0.25) is 0 Å². The van der Waals surface area contributed by atoms with Gasteiger partial charge in [0.05, 0.1) is 0 Å². The molecule has 0 spiro atoms. The molecule has 2 rings (SSSR count). The Labute approximate surface area is 121 Å². The Balaban J connectivity index is 2.10. The van der Waals surface area contributed by atoms with Crippen LogP contribution in [-0.4, -0.2) is 0 Å². The van der Waals surface area contributed by atoms with Crippen LogP contribution in [0.5, 0.6) is 5.75 Å². The fourth-order valence-corrected chi connectivity index (χ4v) is 2.39. The molecule has 0 aliphatic rings. The molecule has 0 fully saturated rings. The van der Waals surface area contributed by atoms with Crippen LogP contribution < -0.4 is 4.74 Å². The van der Waals surface area contributed by atoms with Crippen molar-refractivity contribution in [2.45, 2.75) is 18.9 Å². The molecule has 2 aromatic rings. The first-order chi connectivity index (χ1) is 8.69. The summed E-state index contributed by atoms with van der Waals surface area (Å²) in [5.41, 5.74) is 3.47. The van der Waals surface area contributed by atoms with Gasteiger partial charge in [0, 0.05) is 15.9 Å². The van der Waals surface area contributed by atoms with Crippen LogP contribution in [0.1, 0.15) is 16.7 Å². The van der Waals surface area contributed by atoms with Crippen LogP contribution >= 0.6 is 27.5 Å². The van der Waals surface area contributed by atoms with E-state index in [0.717, 1.165) is 27.2 Å². The SMILES string of the molecule is Cc1ccc(OCc2cccc(Cl)c2)c(CBr)c1. The Morgan fingerprint density at radius 3 is 2.72 bits per heavy atom. The molecule has 0 saturated heterocycles. The number of halogens is 2. The Kier molecular flexibility index (Phi) is 4.67. The van der Waals surface area contributed by atoms with Crippen LogP contribution in [0.3, 0.4) is 0 Å². The van der Waals surface area contributed by atoms with E-state index in [1.54, 1.807) is 0 Å². The molecule has 0 aliphatic carbocycles. The van der Waals surface area contributed by atoms with Gasteiger partial charge in [-0.15, -0.1) is 0 Å². The molecular formula is C15H14BrClO. The molecule has 0 aliphatic heterocycles. The Hall–Kier alpha value is -0.990. The van der Waals surface area contributed by atoms with E-state index < -0.39 is 0 Å². The molecule has 0 saturated carbocycles. The number of aryl methyl sites for hydroxylation is 1. The monoisotopic (exact) mass is 324 g/mol. The minimum Gasteiger partial charge on any atom is -0.489 e. The van der Waals surface area contributed by atoms with Crippen molar-refractivity contribution in [3.8, 4) is 5.75 Å². The molecule has 0 bridgehead atoms. The van der Waals surface area contributed by atoms with Crippen molar-refractivity contribution in [3.05, 3.63) is 64.2 Å². The van der Waals surface area contributed by atoms with E-state index in [1.165, 1.54) is 5.56 Å². The van der Waals surface area contributed by atoms with E-state index in [-0.39, 0.29) is 0 Å². The third kappa shape index (κ3) is 3.50. The zero-order valence-electron chi connectivity index (χ0n) is 10.1. The van der Waals surface area contributed by atoms with E-state index in [4.69, 9.17) is 16.3 Å². The zero-order chi connectivity index (χ0) is 13.0. The summed E-state index contributed by atoms with van der Waals surface area (Å²) in [6, 6.07) is 13.9. The summed E-state index contributed by atoms with van der Waals surface area (Å²) < 4.78 is 5.84. The van der Waals surface area contributed by atoms with Gasteiger partial charge >= 0.3 is 0 Å². The highest BCUT2D eigenvalue weighted by Crippen LogP contribution is 2.23. The smallest absolute Gasteiger partial charge is 0.123 e. The van der Waals surface area contributed by atoms with E-state index in [9.17, 15) is 0 Å². The summed E-state index contributed by atoms with van der Waals surface area (Å²) in [5, 5.41) is 1.53. The van der Waals surface area contributed by atoms with E-state index in [2.05, 4.69) is 35.0 Å². The normalized spacial score (nSPS) is 10.4. The van der Waals surface area contributed by atoms with Gasteiger partial charge in [0.1, 0.15) is 12.4 Å². The molecule has 18 heavy (non-hydrogen) atoms. The predicted octanol–water partition coefficient (Wildman–Crippen LogP) is 5.12. The number of hydrogen-bond acceptors (Lipinski definition) is 1. The van der Waals surface area contributed by atoms with Gasteiger partial charge in [-0.2, -0.15) is 0 Å². The lowest BCUT2D eigenvalue weighted by molar-refractivity contribution is 0.304. The topological polar surface area (TPSA) is 9.23 Å². The number of alkyl halides is 1. The lowest BCUT2D eigenvalue weighted by atomic mass is 10.1. The molecule has 0 radical (unpaired) electrons. The molecule has 94 valence electrons. The van der Waals surface area contributed by atoms with Gasteiger partial charge in [0.15, 0.2) is 0 Å². The molecule has 0 aromatic heterocycles. The summed E-state index contributed by atoms with van der Waals surface area (Å²) >= 11 is 9.42. The molecule has 0 atom stereocenters. The van der Waals surface area contributed by atoms with E-state index in [1.807, 2.05) is 30.3 Å². The summed E-state index contributed by atoms with van der Waals surface area (Å²) in [6.07, 6.45) is 0. The lowest BCUT2D eigenvalue weighted by Crippen LogP contribution is -1.98. The van der Waals surface area contributed by atoms with Gasteiger partial charge in [-0.05, 0) is 30.7 Å². The van der Waals surface area contributed by atoms with Crippen molar-refractivity contribution < 1.29 is 4.74 Å². The predicted molar refractivity (Wildman–Crippen MR) is 79.6 cm³/mol. The first-order valence-corrected chi connectivity index (χ1v) is 7.21. The van der Waals surface area contributed by atoms with Crippen molar-refractivity contribution in [3.63, 3.8) is 0 Å². The van der Waals surface area contributed by atoms with Crippen LogP contribution in [0.25, 0.3) is 0 Å². The highest BCUT2D eigenvalue weighted by Gasteiger charge is 2.03. The molecular weight excluding hydrogens is 312 g/mol. The molecule has 0 N–H and O–H groups in total. The van der Waals surface area contributed by atoms with Crippen molar-refractivity contribution in [2.75, 3.05) is 0 Å². The second kappa shape index (κ2) is 6.26. The average molecular weight is 326 g/mol. The Morgan fingerprint density at radius 2 is 2.00 bits per heavy atom. The largest absolute Gasteiger partial charge is 0.489 e. The van der Waals surface area contributed by atoms with E-state index in [0.29, 0.717) is 6.61 Å². The maximum Gasteiger partial charge on any atom is 0.123 e. The second-order valence-electron chi connectivity index (χ2n) is 4.16. The molecule has 3 heteroatoms. The standard InChI is InChI=1S/C15H14BrClO/c1-11-5-6-15(13(7-11)9-16)18-10-12-3-2-4-14(17)8-12/h2-8H,9-10H2,1H3. The second-order valence-corrected chi connectivity index (χ2v) is 5.16. The first kappa shape index (κ1) is 13.4. The van der Waals surface area contributed by atoms with Crippen LogP contribution in [0.15, 0.2) is 42.5 Å². The number of rotatable bonds is 4. The lowest BCUT2D eigenvalue weighted by Gasteiger charge is -2.11. The van der Waals surface area contributed by atoms with Crippen LogP contribution in [-0.2, 0) is 11.9 Å². The Bertz CT molecular complexity index is 540. The highest BCUT2D eigenvalue weighted by atomic mass is 79.9. The maximum absolute atomic E-state index is 5.94. The van der Waals surface area contributed by atoms with Crippen molar-refractivity contribution in [2.24, 2.45) is 0 Å². The number of ether oxygens (including phenoxy) is 1. The van der Waals surface area contributed by atoms with E-state index >= 15 is 0 Å². The van der Waals surface area contributed by atoms with Crippen molar-refractivity contribution in [1.29, 1.82) is 0 Å². The number of benzene rings is 2. The minimum atomic E-state index is 0.531. The molecule has 0 unspecified atom stereocenters. The number of hydrogen-bond donors (Lipinski definition) is 0. The van der Waals surface area contributed by atoms with Gasteiger partial charge in [-0.1, -0.05) is 57.4 Å². The zero-order valence-corrected chi connectivity index (χ0v) is 12.5. The average Bonchev–Trinajstić information content (AvgIpc) is 2.37. The molecule has 0 heterocycles. The van der Waals surface area contributed by atoms with Crippen molar-refractivity contribution >= 4 is 27.5 Å². The quantitative estimate of drug-likeness (QED) is 0.709. The van der Waals surface area contributed by atoms with Gasteiger partial charge in [0.25, 0.3) is 0 Å². The van der Waals surface area contributed by atoms with Gasteiger partial charge in [-0.3, -0.25) is 0 Å². The maximum atomic E-state index is 5.94.